The molecular formula is C19H20N2O4. The van der Waals surface area contributed by atoms with E-state index in [2.05, 4.69) is 15.3 Å². The van der Waals surface area contributed by atoms with Crippen LogP contribution in [0.5, 0.6) is 11.5 Å². The molecule has 1 amide bonds. The van der Waals surface area contributed by atoms with Crippen LogP contribution in [-0.4, -0.2) is 33.1 Å². The van der Waals surface area contributed by atoms with E-state index in [9.17, 15) is 4.79 Å². The Kier molecular flexibility index (Phi) is 7.06. The summed E-state index contributed by atoms with van der Waals surface area (Å²) in [6.07, 6.45) is 4.78. The van der Waals surface area contributed by atoms with Crippen molar-refractivity contribution in [2.75, 3.05) is 20.8 Å². The van der Waals surface area contributed by atoms with Gasteiger partial charge < -0.3 is 14.2 Å². The Hall–Kier alpha value is -3.28. The number of hydrazone groups is 1. The maximum absolute atomic E-state index is 10.9. The number of nitrogens with zero attached hydrogens (tertiary/aromatic N) is 1. The van der Waals surface area contributed by atoms with Gasteiger partial charge in [-0.3, -0.25) is 0 Å². The molecule has 2 aromatic carbocycles. The third-order valence-corrected chi connectivity index (χ3v) is 3.19. The summed E-state index contributed by atoms with van der Waals surface area (Å²) in [7, 11) is 2.84. The van der Waals surface area contributed by atoms with E-state index in [0.29, 0.717) is 18.1 Å². The summed E-state index contributed by atoms with van der Waals surface area (Å²) in [5, 5.41) is 3.77. The normalized spacial score (nSPS) is 10.8. The summed E-state index contributed by atoms with van der Waals surface area (Å²) in [5.41, 5.74) is 4.08. The van der Waals surface area contributed by atoms with Crippen LogP contribution < -0.4 is 14.9 Å². The number of carbonyl (C=O) groups is 1. The van der Waals surface area contributed by atoms with Crippen molar-refractivity contribution >= 4 is 18.4 Å². The Bertz CT molecular complexity index is 742. The van der Waals surface area contributed by atoms with Gasteiger partial charge in [-0.25, -0.2) is 10.2 Å². The van der Waals surface area contributed by atoms with E-state index in [-0.39, 0.29) is 0 Å². The Labute approximate surface area is 146 Å². The SMILES string of the molecule is COC(=O)NN=Cc1ccc(OC/C=C/c2ccccc2)c(OC)c1. The minimum absolute atomic E-state index is 0.419. The zero-order valence-electron chi connectivity index (χ0n) is 14.1. The lowest BCUT2D eigenvalue weighted by Crippen LogP contribution is -2.16. The highest BCUT2D eigenvalue weighted by Crippen LogP contribution is 2.27. The molecule has 2 rings (SSSR count). The third-order valence-electron chi connectivity index (χ3n) is 3.19. The van der Waals surface area contributed by atoms with Crippen molar-refractivity contribution in [2.24, 2.45) is 5.10 Å². The molecule has 0 bridgehead atoms. The minimum atomic E-state index is -0.631. The van der Waals surface area contributed by atoms with Crippen molar-refractivity contribution in [1.29, 1.82) is 0 Å². The van der Waals surface area contributed by atoms with Gasteiger partial charge in [0.15, 0.2) is 11.5 Å². The van der Waals surface area contributed by atoms with Gasteiger partial charge in [-0.15, -0.1) is 0 Å². The number of methoxy groups -OCH3 is 2. The van der Waals surface area contributed by atoms with Gasteiger partial charge in [-0.1, -0.05) is 36.4 Å². The maximum atomic E-state index is 10.9. The average Bonchev–Trinajstić information content (AvgIpc) is 2.66. The fourth-order valence-corrected chi connectivity index (χ4v) is 1.98. The molecule has 1 N–H and O–H groups in total. The maximum Gasteiger partial charge on any atom is 0.427 e. The van der Waals surface area contributed by atoms with Gasteiger partial charge in [-0.2, -0.15) is 5.10 Å². The zero-order valence-corrected chi connectivity index (χ0v) is 14.1. The molecule has 130 valence electrons. The second-order valence-electron chi connectivity index (χ2n) is 4.90. The molecule has 6 heteroatoms. The highest BCUT2D eigenvalue weighted by atomic mass is 16.5. The first-order valence-electron chi connectivity index (χ1n) is 7.62. The molecule has 0 saturated carbocycles. The molecule has 0 aromatic heterocycles. The zero-order chi connectivity index (χ0) is 17.9. The first kappa shape index (κ1) is 18.1. The van der Waals surface area contributed by atoms with Crippen molar-refractivity contribution in [3.8, 4) is 11.5 Å². The predicted octanol–water partition coefficient (Wildman–Crippen LogP) is 3.48. The Morgan fingerprint density at radius 3 is 2.60 bits per heavy atom. The van der Waals surface area contributed by atoms with Crippen LogP contribution in [0.15, 0.2) is 59.7 Å². The molecule has 0 unspecified atom stereocenters. The molecule has 0 fully saturated rings. The fourth-order valence-electron chi connectivity index (χ4n) is 1.98. The van der Waals surface area contributed by atoms with Crippen molar-refractivity contribution in [2.45, 2.75) is 0 Å². The summed E-state index contributed by atoms with van der Waals surface area (Å²) in [6, 6.07) is 15.3. The second kappa shape index (κ2) is 9.77. The smallest absolute Gasteiger partial charge is 0.427 e. The van der Waals surface area contributed by atoms with E-state index < -0.39 is 6.09 Å². The third kappa shape index (κ3) is 6.02. The minimum Gasteiger partial charge on any atom is -0.493 e. The highest BCUT2D eigenvalue weighted by molar-refractivity contribution is 5.82. The highest BCUT2D eigenvalue weighted by Gasteiger charge is 2.04. The quantitative estimate of drug-likeness (QED) is 0.619. The largest absolute Gasteiger partial charge is 0.493 e. The van der Waals surface area contributed by atoms with Crippen LogP contribution in [0.25, 0.3) is 6.08 Å². The number of carbonyl (C=O) groups excluding carboxylic acids is 1. The van der Waals surface area contributed by atoms with E-state index in [0.717, 1.165) is 11.1 Å². The number of amides is 1. The summed E-state index contributed by atoms with van der Waals surface area (Å²) in [4.78, 5) is 10.9. The number of ether oxygens (including phenoxy) is 3. The molecule has 0 aliphatic carbocycles. The van der Waals surface area contributed by atoms with Crippen LogP contribution in [0.2, 0.25) is 0 Å². The van der Waals surface area contributed by atoms with Gasteiger partial charge in [0.1, 0.15) is 6.61 Å². The lowest BCUT2D eigenvalue weighted by Gasteiger charge is -2.09. The van der Waals surface area contributed by atoms with Crippen LogP contribution in [0.3, 0.4) is 0 Å². The van der Waals surface area contributed by atoms with E-state index in [4.69, 9.17) is 9.47 Å². The molecule has 0 spiro atoms. The number of nitrogens with one attached hydrogen (secondary N) is 1. The Morgan fingerprint density at radius 1 is 1.08 bits per heavy atom. The van der Waals surface area contributed by atoms with Crippen molar-refractivity contribution in [3.05, 3.63) is 65.7 Å². The van der Waals surface area contributed by atoms with Gasteiger partial charge in [0, 0.05) is 0 Å². The Balaban J connectivity index is 1.94. The van der Waals surface area contributed by atoms with Crippen LogP contribution >= 0.6 is 0 Å². The molecule has 0 saturated heterocycles. The number of benzene rings is 2. The van der Waals surface area contributed by atoms with Gasteiger partial charge in [0.25, 0.3) is 0 Å². The Morgan fingerprint density at radius 2 is 1.88 bits per heavy atom. The molecule has 0 atom stereocenters. The van der Waals surface area contributed by atoms with Gasteiger partial charge in [-0.05, 0) is 35.4 Å². The van der Waals surface area contributed by atoms with Crippen LogP contribution in [0.1, 0.15) is 11.1 Å². The second-order valence-corrected chi connectivity index (χ2v) is 4.90. The topological polar surface area (TPSA) is 69.2 Å². The van der Waals surface area contributed by atoms with Gasteiger partial charge in [0.2, 0.25) is 0 Å². The fraction of sp³-hybridized carbons (Fsp3) is 0.158. The van der Waals surface area contributed by atoms with E-state index in [1.54, 1.807) is 25.3 Å². The molecule has 25 heavy (non-hydrogen) atoms. The van der Waals surface area contributed by atoms with Crippen molar-refractivity contribution in [3.63, 3.8) is 0 Å². The molecule has 0 aliphatic heterocycles. The molecule has 2 aromatic rings. The number of rotatable bonds is 7. The number of hydrogen-bond donors (Lipinski definition) is 1. The lowest BCUT2D eigenvalue weighted by atomic mass is 10.2. The van der Waals surface area contributed by atoms with Gasteiger partial charge in [0.05, 0.1) is 20.4 Å². The van der Waals surface area contributed by atoms with E-state index in [1.165, 1.54) is 13.3 Å². The van der Waals surface area contributed by atoms with E-state index >= 15 is 0 Å². The number of hydrogen-bond acceptors (Lipinski definition) is 5. The van der Waals surface area contributed by atoms with Crippen LogP contribution in [0.4, 0.5) is 4.79 Å². The summed E-state index contributed by atoms with van der Waals surface area (Å²) in [6.45, 7) is 0.419. The molecule has 6 nitrogen and oxygen atoms in total. The first-order chi connectivity index (χ1) is 12.2. The molecule has 0 radical (unpaired) electrons. The van der Waals surface area contributed by atoms with Crippen molar-refractivity contribution < 1.29 is 19.0 Å². The molecule has 0 aliphatic rings. The standard InChI is InChI=1S/C19H20N2O4/c1-23-18-13-16(14-20-21-19(22)24-2)10-11-17(18)25-12-6-9-15-7-4-3-5-8-15/h3-11,13-14H,12H2,1-2H3,(H,21,22)/b9-6+,20-14?. The monoisotopic (exact) mass is 340 g/mol. The summed E-state index contributed by atoms with van der Waals surface area (Å²) < 4.78 is 15.5. The van der Waals surface area contributed by atoms with Gasteiger partial charge >= 0.3 is 6.09 Å². The predicted molar refractivity (Wildman–Crippen MR) is 97.1 cm³/mol. The lowest BCUT2D eigenvalue weighted by molar-refractivity contribution is 0.171. The van der Waals surface area contributed by atoms with E-state index in [1.807, 2.05) is 42.5 Å². The van der Waals surface area contributed by atoms with Crippen LogP contribution in [0, 0.1) is 0 Å². The van der Waals surface area contributed by atoms with Crippen molar-refractivity contribution in [1.82, 2.24) is 5.43 Å². The molecular weight excluding hydrogens is 320 g/mol. The first-order valence-corrected chi connectivity index (χ1v) is 7.62. The molecule has 0 heterocycles. The summed E-state index contributed by atoms with van der Waals surface area (Å²) in [5.74, 6) is 1.20. The summed E-state index contributed by atoms with van der Waals surface area (Å²) >= 11 is 0. The average molecular weight is 340 g/mol. The van der Waals surface area contributed by atoms with Crippen LogP contribution in [-0.2, 0) is 4.74 Å².